The topological polar surface area (TPSA) is 70.4 Å². The summed E-state index contributed by atoms with van der Waals surface area (Å²) in [5, 5.41) is 1.01. The highest BCUT2D eigenvalue weighted by atomic mass is 32.2. The molecule has 0 amide bonds. The first-order valence-corrected chi connectivity index (χ1v) is 9.52. The van der Waals surface area contributed by atoms with Gasteiger partial charge in [0.1, 0.15) is 5.75 Å². The molecule has 0 aliphatic rings. The van der Waals surface area contributed by atoms with E-state index in [9.17, 15) is 9.59 Å². The minimum atomic E-state index is -0.339. The van der Waals surface area contributed by atoms with E-state index >= 15 is 0 Å². The fourth-order valence-electron chi connectivity index (χ4n) is 2.73. The molecular weight excluding hydrogens is 364 g/mol. The second kappa shape index (κ2) is 8.73. The third-order valence-corrected chi connectivity index (χ3v) is 4.92. The smallest absolute Gasteiger partial charge is 0.316 e. The van der Waals surface area contributed by atoms with Crippen LogP contribution in [0.4, 0.5) is 0 Å². The van der Waals surface area contributed by atoms with Crippen LogP contribution in [0.2, 0.25) is 0 Å². The van der Waals surface area contributed by atoms with Crippen molar-refractivity contribution in [2.45, 2.75) is 18.6 Å². The molecule has 0 N–H and O–H groups in total. The number of nitrogens with zero attached hydrogens (tertiary/aromatic N) is 2. The summed E-state index contributed by atoms with van der Waals surface area (Å²) in [6.07, 6.45) is 0. The van der Waals surface area contributed by atoms with E-state index in [-0.39, 0.29) is 17.3 Å². The SMILES string of the molecule is CCOC(=O)CSc1nc2ccccc2c(=O)n1Cc1ccccc1OC. The lowest BCUT2D eigenvalue weighted by Gasteiger charge is -2.14. The predicted molar refractivity (Wildman–Crippen MR) is 105 cm³/mol. The van der Waals surface area contributed by atoms with E-state index in [2.05, 4.69) is 4.98 Å². The molecule has 140 valence electrons. The highest BCUT2D eigenvalue weighted by Gasteiger charge is 2.15. The van der Waals surface area contributed by atoms with Gasteiger partial charge < -0.3 is 9.47 Å². The number of ether oxygens (including phenoxy) is 2. The summed E-state index contributed by atoms with van der Waals surface area (Å²) in [7, 11) is 1.59. The molecule has 3 rings (SSSR count). The summed E-state index contributed by atoms with van der Waals surface area (Å²) < 4.78 is 12.0. The summed E-state index contributed by atoms with van der Waals surface area (Å²) in [5.41, 5.74) is 1.31. The Labute approximate surface area is 161 Å². The van der Waals surface area contributed by atoms with Crippen molar-refractivity contribution in [2.75, 3.05) is 19.5 Å². The van der Waals surface area contributed by atoms with E-state index in [0.717, 1.165) is 5.56 Å². The molecule has 6 nitrogen and oxygen atoms in total. The van der Waals surface area contributed by atoms with Crippen LogP contribution in [-0.2, 0) is 16.1 Å². The Kier molecular flexibility index (Phi) is 6.13. The van der Waals surface area contributed by atoms with Crippen molar-refractivity contribution in [2.24, 2.45) is 0 Å². The second-order valence-corrected chi connectivity index (χ2v) is 6.65. The summed E-state index contributed by atoms with van der Waals surface area (Å²) >= 11 is 1.19. The number of hydrogen-bond donors (Lipinski definition) is 0. The highest BCUT2D eigenvalue weighted by molar-refractivity contribution is 7.99. The summed E-state index contributed by atoms with van der Waals surface area (Å²) in [6, 6.07) is 14.7. The summed E-state index contributed by atoms with van der Waals surface area (Å²) in [6.45, 7) is 2.37. The molecule has 0 fully saturated rings. The zero-order valence-electron chi connectivity index (χ0n) is 15.2. The zero-order chi connectivity index (χ0) is 19.2. The average Bonchev–Trinajstić information content (AvgIpc) is 2.69. The van der Waals surface area contributed by atoms with Gasteiger partial charge in [-0.15, -0.1) is 0 Å². The predicted octanol–water partition coefficient (Wildman–Crippen LogP) is 3.11. The van der Waals surface area contributed by atoms with Crippen molar-refractivity contribution in [3.8, 4) is 5.75 Å². The van der Waals surface area contributed by atoms with E-state index in [1.165, 1.54) is 11.8 Å². The average molecular weight is 384 g/mol. The van der Waals surface area contributed by atoms with Crippen molar-refractivity contribution in [3.05, 3.63) is 64.4 Å². The number of hydrogen-bond acceptors (Lipinski definition) is 6. The monoisotopic (exact) mass is 384 g/mol. The van der Waals surface area contributed by atoms with Crippen LogP contribution < -0.4 is 10.3 Å². The van der Waals surface area contributed by atoms with Gasteiger partial charge in [-0.3, -0.25) is 14.2 Å². The maximum atomic E-state index is 13.1. The minimum absolute atomic E-state index is 0.0878. The fourth-order valence-corrected chi connectivity index (χ4v) is 3.52. The van der Waals surface area contributed by atoms with Crippen LogP contribution in [0.15, 0.2) is 58.5 Å². The molecule has 0 radical (unpaired) electrons. The molecule has 0 saturated carbocycles. The van der Waals surface area contributed by atoms with E-state index in [1.54, 1.807) is 30.7 Å². The molecule has 0 unspecified atom stereocenters. The first-order valence-electron chi connectivity index (χ1n) is 8.54. The largest absolute Gasteiger partial charge is 0.496 e. The fraction of sp³-hybridized carbons (Fsp3) is 0.250. The molecule has 1 heterocycles. The van der Waals surface area contributed by atoms with E-state index in [0.29, 0.717) is 35.0 Å². The molecule has 0 saturated heterocycles. The van der Waals surface area contributed by atoms with Crippen molar-refractivity contribution in [1.29, 1.82) is 0 Å². The number of aromatic nitrogens is 2. The molecule has 2 aromatic carbocycles. The third kappa shape index (κ3) is 4.31. The molecule has 0 aliphatic heterocycles. The molecule has 0 aliphatic carbocycles. The first kappa shape index (κ1) is 19.0. The molecule has 27 heavy (non-hydrogen) atoms. The number of fused-ring (bicyclic) bond motifs is 1. The van der Waals surface area contributed by atoms with Gasteiger partial charge >= 0.3 is 5.97 Å². The number of esters is 1. The molecular formula is C20H20N2O4S. The maximum absolute atomic E-state index is 13.1. The maximum Gasteiger partial charge on any atom is 0.316 e. The second-order valence-electron chi connectivity index (χ2n) is 5.71. The lowest BCUT2D eigenvalue weighted by Crippen LogP contribution is -2.24. The van der Waals surface area contributed by atoms with Gasteiger partial charge in [-0.2, -0.15) is 0 Å². The Hall–Kier alpha value is -2.80. The Bertz CT molecular complexity index is 1020. The number of para-hydroxylation sites is 2. The van der Waals surface area contributed by atoms with Crippen molar-refractivity contribution in [1.82, 2.24) is 9.55 Å². The standard InChI is InChI=1S/C20H20N2O4S/c1-3-26-18(23)13-27-20-21-16-10-6-5-9-15(16)19(24)22(20)12-14-8-4-7-11-17(14)25-2/h4-11H,3,12-13H2,1-2H3. The van der Waals surface area contributed by atoms with Crippen LogP contribution in [0.3, 0.4) is 0 Å². The molecule has 3 aromatic rings. The van der Waals surface area contributed by atoms with Crippen LogP contribution in [0, 0.1) is 0 Å². The first-order chi connectivity index (χ1) is 13.1. The number of rotatable bonds is 7. The van der Waals surface area contributed by atoms with Crippen LogP contribution >= 0.6 is 11.8 Å². The van der Waals surface area contributed by atoms with Crippen molar-refractivity contribution in [3.63, 3.8) is 0 Å². The quantitative estimate of drug-likeness (QED) is 0.354. The number of thioether (sulfide) groups is 1. The minimum Gasteiger partial charge on any atom is -0.496 e. The van der Waals surface area contributed by atoms with Gasteiger partial charge in [-0.25, -0.2) is 4.98 Å². The van der Waals surface area contributed by atoms with Gasteiger partial charge in [0.15, 0.2) is 5.16 Å². The Morgan fingerprint density at radius 3 is 2.67 bits per heavy atom. The van der Waals surface area contributed by atoms with Gasteiger partial charge in [-0.1, -0.05) is 42.1 Å². The van der Waals surface area contributed by atoms with Crippen molar-refractivity contribution >= 4 is 28.6 Å². The zero-order valence-corrected chi connectivity index (χ0v) is 16.0. The van der Waals surface area contributed by atoms with Gasteiger partial charge in [0.25, 0.3) is 5.56 Å². The third-order valence-electron chi connectivity index (χ3n) is 3.97. The van der Waals surface area contributed by atoms with Crippen LogP contribution in [0.5, 0.6) is 5.75 Å². The molecule has 0 spiro atoms. The molecule has 1 aromatic heterocycles. The van der Waals surface area contributed by atoms with Gasteiger partial charge in [-0.05, 0) is 25.1 Å². The lowest BCUT2D eigenvalue weighted by molar-refractivity contribution is -0.139. The molecule has 0 bridgehead atoms. The van der Waals surface area contributed by atoms with E-state index in [1.807, 2.05) is 36.4 Å². The van der Waals surface area contributed by atoms with Gasteiger partial charge in [0, 0.05) is 5.56 Å². The molecule has 0 atom stereocenters. The van der Waals surface area contributed by atoms with Gasteiger partial charge in [0.2, 0.25) is 0 Å². The molecule has 7 heteroatoms. The Morgan fingerprint density at radius 1 is 1.15 bits per heavy atom. The Balaban J connectivity index is 2.05. The van der Waals surface area contributed by atoms with Crippen molar-refractivity contribution < 1.29 is 14.3 Å². The Morgan fingerprint density at radius 2 is 1.89 bits per heavy atom. The number of methoxy groups -OCH3 is 1. The number of carbonyl (C=O) groups is 1. The van der Waals surface area contributed by atoms with E-state index < -0.39 is 0 Å². The summed E-state index contributed by atoms with van der Waals surface area (Å²) in [5.74, 6) is 0.442. The van der Waals surface area contributed by atoms with Crippen LogP contribution in [-0.4, -0.2) is 35.0 Å². The highest BCUT2D eigenvalue weighted by Crippen LogP contribution is 2.22. The number of benzene rings is 2. The van der Waals surface area contributed by atoms with Gasteiger partial charge in [0.05, 0.1) is 36.9 Å². The lowest BCUT2D eigenvalue weighted by atomic mass is 10.2. The number of carbonyl (C=O) groups excluding carboxylic acids is 1. The van der Waals surface area contributed by atoms with E-state index in [4.69, 9.17) is 9.47 Å². The van der Waals surface area contributed by atoms with Crippen LogP contribution in [0.25, 0.3) is 10.9 Å². The van der Waals surface area contributed by atoms with Crippen LogP contribution in [0.1, 0.15) is 12.5 Å². The summed E-state index contributed by atoms with van der Waals surface area (Å²) in [4.78, 5) is 29.4. The normalized spacial score (nSPS) is 10.7.